The van der Waals surface area contributed by atoms with Crippen LogP contribution >= 0.6 is 0 Å². The SMILES string of the molecule is COc1ccc(CC(C)NCC2CCN(C)CC2)cc1. The second-order valence-corrected chi connectivity index (χ2v) is 6.11. The molecule has 1 unspecified atom stereocenters. The lowest BCUT2D eigenvalue weighted by Crippen LogP contribution is -2.38. The maximum atomic E-state index is 5.19. The molecule has 0 bridgehead atoms. The Morgan fingerprint density at radius 2 is 1.90 bits per heavy atom. The first kappa shape index (κ1) is 15.3. The van der Waals surface area contributed by atoms with E-state index >= 15 is 0 Å². The Balaban J connectivity index is 1.70. The third-order valence-corrected chi connectivity index (χ3v) is 4.29. The summed E-state index contributed by atoms with van der Waals surface area (Å²) in [5, 5.41) is 3.69. The molecule has 1 heterocycles. The van der Waals surface area contributed by atoms with Crippen LogP contribution in [0.5, 0.6) is 5.75 Å². The molecule has 1 atom stereocenters. The zero-order valence-corrected chi connectivity index (χ0v) is 13.1. The molecule has 112 valence electrons. The summed E-state index contributed by atoms with van der Waals surface area (Å²) in [4.78, 5) is 2.43. The van der Waals surface area contributed by atoms with Crippen LogP contribution in [0.1, 0.15) is 25.3 Å². The fraction of sp³-hybridized carbons (Fsp3) is 0.647. The summed E-state index contributed by atoms with van der Waals surface area (Å²) >= 11 is 0. The molecule has 1 saturated heterocycles. The second-order valence-electron chi connectivity index (χ2n) is 6.11. The van der Waals surface area contributed by atoms with E-state index in [0.29, 0.717) is 6.04 Å². The fourth-order valence-corrected chi connectivity index (χ4v) is 2.82. The average Bonchev–Trinajstić information content (AvgIpc) is 2.47. The number of ether oxygens (including phenoxy) is 1. The van der Waals surface area contributed by atoms with Crippen molar-refractivity contribution in [3.05, 3.63) is 29.8 Å². The lowest BCUT2D eigenvalue weighted by atomic mass is 9.96. The summed E-state index contributed by atoms with van der Waals surface area (Å²) in [6.45, 7) is 5.93. The number of piperidine rings is 1. The van der Waals surface area contributed by atoms with Gasteiger partial charge in [-0.1, -0.05) is 12.1 Å². The number of hydrogen-bond donors (Lipinski definition) is 1. The summed E-state index contributed by atoms with van der Waals surface area (Å²) in [5.74, 6) is 1.78. The molecule has 0 aromatic heterocycles. The van der Waals surface area contributed by atoms with Crippen LogP contribution in [-0.2, 0) is 6.42 Å². The Labute approximate surface area is 123 Å². The molecular formula is C17H28N2O. The van der Waals surface area contributed by atoms with Gasteiger partial charge in [-0.25, -0.2) is 0 Å². The molecule has 1 fully saturated rings. The number of hydrogen-bond acceptors (Lipinski definition) is 3. The summed E-state index contributed by atoms with van der Waals surface area (Å²) in [7, 11) is 3.93. The maximum absolute atomic E-state index is 5.19. The molecule has 20 heavy (non-hydrogen) atoms. The highest BCUT2D eigenvalue weighted by atomic mass is 16.5. The first-order valence-electron chi connectivity index (χ1n) is 7.72. The van der Waals surface area contributed by atoms with Crippen molar-refractivity contribution in [1.29, 1.82) is 0 Å². The van der Waals surface area contributed by atoms with Crippen LogP contribution in [0.25, 0.3) is 0 Å². The van der Waals surface area contributed by atoms with Gasteiger partial charge in [-0.15, -0.1) is 0 Å². The van der Waals surface area contributed by atoms with Crippen molar-refractivity contribution in [1.82, 2.24) is 10.2 Å². The summed E-state index contributed by atoms with van der Waals surface area (Å²) in [6.07, 6.45) is 3.74. The maximum Gasteiger partial charge on any atom is 0.118 e. The largest absolute Gasteiger partial charge is 0.497 e. The van der Waals surface area contributed by atoms with Crippen molar-refractivity contribution in [2.75, 3.05) is 33.8 Å². The Morgan fingerprint density at radius 1 is 1.25 bits per heavy atom. The van der Waals surface area contributed by atoms with E-state index in [1.807, 2.05) is 12.1 Å². The normalized spacial score (nSPS) is 18.9. The van der Waals surface area contributed by atoms with E-state index in [1.165, 1.54) is 31.5 Å². The van der Waals surface area contributed by atoms with Crippen molar-refractivity contribution in [2.45, 2.75) is 32.2 Å². The average molecular weight is 276 g/mol. The van der Waals surface area contributed by atoms with Crippen LogP contribution in [0.2, 0.25) is 0 Å². The Kier molecular flexibility index (Phi) is 5.86. The van der Waals surface area contributed by atoms with Gasteiger partial charge in [0.25, 0.3) is 0 Å². The predicted molar refractivity (Wildman–Crippen MR) is 84.4 cm³/mol. The minimum Gasteiger partial charge on any atom is -0.497 e. The second kappa shape index (κ2) is 7.65. The minimum atomic E-state index is 0.531. The summed E-state index contributed by atoms with van der Waals surface area (Å²) in [6, 6.07) is 8.93. The van der Waals surface area contributed by atoms with Crippen molar-refractivity contribution < 1.29 is 4.74 Å². The molecule has 1 aliphatic heterocycles. The Bertz CT molecular complexity index is 382. The standard InChI is InChI=1S/C17H28N2O/c1-14(12-15-4-6-17(20-3)7-5-15)18-13-16-8-10-19(2)11-9-16/h4-7,14,16,18H,8-13H2,1-3H3. The third-order valence-electron chi connectivity index (χ3n) is 4.29. The highest BCUT2D eigenvalue weighted by molar-refractivity contribution is 5.27. The van der Waals surface area contributed by atoms with E-state index in [1.54, 1.807) is 7.11 Å². The van der Waals surface area contributed by atoms with E-state index in [-0.39, 0.29) is 0 Å². The lowest BCUT2D eigenvalue weighted by molar-refractivity contribution is 0.213. The number of rotatable bonds is 6. The molecule has 0 spiro atoms. The quantitative estimate of drug-likeness (QED) is 0.864. The topological polar surface area (TPSA) is 24.5 Å². The third kappa shape index (κ3) is 4.80. The molecule has 2 rings (SSSR count). The van der Waals surface area contributed by atoms with E-state index in [9.17, 15) is 0 Å². The van der Waals surface area contributed by atoms with Crippen LogP contribution in [0.4, 0.5) is 0 Å². The van der Waals surface area contributed by atoms with Crippen LogP contribution in [-0.4, -0.2) is 44.7 Å². The Hall–Kier alpha value is -1.06. The molecule has 1 aliphatic rings. The van der Waals surface area contributed by atoms with Gasteiger partial charge in [-0.2, -0.15) is 0 Å². The highest BCUT2D eigenvalue weighted by Crippen LogP contribution is 2.16. The van der Waals surface area contributed by atoms with E-state index in [4.69, 9.17) is 4.74 Å². The monoisotopic (exact) mass is 276 g/mol. The molecule has 1 aromatic rings. The number of methoxy groups -OCH3 is 1. The molecule has 3 heteroatoms. The van der Waals surface area contributed by atoms with Crippen molar-refractivity contribution in [3.8, 4) is 5.75 Å². The molecule has 1 N–H and O–H groups in total. The number of nitrogens with zero attached hydrogens (tertiary/aromatic N) is 1. The molecule has 0 saturated carbocycles. The van der Waals surface area contributed by atoms with Gasteiger partial charge in [0.15, 0.2) is 0 Å². The van der Waals surface area contributed by atoms with Crippen LogP contribution in [0, 0.1) is 5.92 Å². The van der Waals surface area contributed by atoms with Gasteiger partial charge < -0.3 is 15.0 Å². The number of benzene rings is 1. The van der Waals surface area contributed by atoms with Gasteiger partial charge in [0, 0.05) is 6.04 Å². The van der Waals surface area contributed by atoms with E-state index in [2.05, 4.69) is 36.3 Å². The smallest absolute Gasteiger partial charge is 0.118 e. The zero-order chi connectivity index (χ0) is 14.4. The van der Waals surface area contributed by atoms with Crippen molar-refractivity contribution in [3.63, 3.8) is 0 Å². The van der Waals surface area contributed by atoms with Crippen LogP contribution in [0.15, 0.2) is 24.3 Å². The summed E-state index contributed by atoms with van der Waals surface area (Å²) in [5.41, 5.74) is 1.37. The van der Waals surface area contributed by atoms with Gasteiger partial charge in [-0.3, -0.25) is 0 Å². The molecule has 3 nitrogen and oxygen atoms in total. The van der Waals surface area contributed by atoms with Crippen molar-refractivity contribution >= 4 is 0 Å². The lowest BCUT2D eigenvalue weighted by Gasteiger charge is -2.30. The van der Waals surface area contributed by atoms with Gasteiger partial charge in [-0.05, 0) is 76.5 Å². The predicted octanol–water partition coefficient (Wildman–Crippen LogP) is 2.56. The van der Waals surface area contributed by atoms with Crippen LogP contribution in [0.3, 0.4) is 0 Å². The first-order valence-corrected chi connectivity index (χ1v) is 7.72. The Morgan fingerprint density at radius 3 is 2.50 bits per heavy atom. The van der Waals surface area contributed by atoms with E-state index in [0.717, 1.165) is 24.6 Å². The van der Waals surface area contributed by atoms with Gasteiger partial charge in [0.1, 0.15) is 5.75 Å². The summed E-state index contributed by atoms with van der Waals surface area (Å²) < 4.78 is 5.19. The molecule has 1 aromatic carbocycles. The molecule has 0 amide bonds. The zero-order valence-electron chi connectivity index (χ0n) is 13.1. The number of nitrogens with one attached hydrogen (secondary N) is 1. The van der Waals surface area contributed by atoms with E-state index < -0.39 is 0 Å². The highest BCUT2D eigenvalue weighted by Gasteiger charge is 2.16. The van der Waals surface area contributed by atoms with Gasteiger partial charge in [0.05, 0.1) is 7.11 Å². The first-order chi connectivity index (χ1) is 9.67. The van der Waals surface area contributed by atoms with Gasteiger partial charge >= 0.3 is 0 Å². The van der Waals surface area contributed by atoms with Crippen molar-refractivity contribution in [2.24, 2.45) is 5.92 Å². The minimum absolute atomic E-state index is 0.531. The molecular weight excluding hydrogens is 248 g/mol. The fourth-order valence-electron chi connectivity index (χ4n) is 2.82. The number of likely N-dealkylation sites (tertiary alicyclic amines) is 1. The van der Waals surface area contributed by atoms with Crippen LogP contribution < -0.4 is 10.1 Å². The van der Waals surface area contributed by atoms with Gasteiger partial charge in [0.2, 0.25) is 0 Å². The molecule has 0 radical (unpaired) electrons. The molecule has 0 aliphatic carbocycles.